The van der Waals surface area contributed by atoms with Gasteiger partial charge in [0.2, 0.25) is 0 Å². The van der Waals surface area contributed by atoms with Crippen LogP contribution in [-0.2, 0) is 10.2 Å². The second-order valence-corrected chi connectivity index (χ2v) is 4.69. The topological polar surface area (TPSA) is 17.1 Å². The second kappa shape index (κ2) is 3.40. The molecule has 0 aromatic carbocycles. The van der Waals surface area contributed by atoms with Gasteiger partial charge in [-0.15, -0.1) is 11.3 Å². The molecule has 1 heterocycles. The molecule has 0 N–H and O–H groups in total. The van der Waals surface area contributed by atoms with E-state index in [9.17, 15) is 4.79 Å². The third-order valence-electron chi connectivity index (χ3n) is 1.88. The van der Waals surface area contributed by atoms with E-state index in [2.05, 4.69) is 25.3 Å². The lowest BCUT2D eigenvalue weighted by molar-refractivity contribution is -0.117. The molecule has 0 fully saturated rings. The van der Waals surface area contributed by atoms with Crippen LogP contribution in [0.4, 0.5) is 0 Å². The molecule has 66 valence electrons. The van der Waals surface area contributed by atoms with Crippen LogP contribution < -0.4 is 0 Å². The summed E-state index contributed by atoms with van der Waals surface area (Å²) < 4.78 is 0. The Labute approximate surface area is 77.4 Å². The molecule has 0 aliphatic heterocycles. The molecule has 0 saturated heterocycles. The van der Waals surface area contributed by atoms with Gasteiger partial charge < -0.3 is 0 Å². The van der Waals surface area contributed by atoms with E-state index in [1.54, 1.807) is 18.3 Å². The first-order valence-electron chi connectivity index (χ1n) is 4.06. The third kappa shape index (κ3) is 2.18. The van der Waals surface area contributed by atoms with Crippen LogP contribution in [0, 0.1) is 0 Å². The van der Waals surface area contributed by atoms with Crippen molar-refractivity contribution in [3.05, 3.63) is 22.4 Å². The van der Waals surface area contributed by atoms with Crippen molar-refractivity contribution in [3.8, 4) is 0 Å². The van der Waals surface area contributed by atoms with Crippen molar-refractivity contribution in [1.82, 2.24) is 0 Å². The molecule has 0 saturated carbocycles. The van der Waals surface area contributed by atoms with Crippen LogP contribution in [0.1, 0.15) is 32.1 Å². The minimum Gasteiger partial charge on any atom is -0.300 e. The summed E-state index contributed by atoms with van der Waals surface area (Å²) in [7, 11) is 0. The van der Waals surface area contributed by atoms with Gasteiger partial charge in [0.15, 0.2) is 0 Å². The Morgan fingerprint density at radius 1 is 1.58 bits per heavy atom. The molecule has 0 spiro atoms. The number of carbonyl (C=O) groups excluding carboxylic acids is 1. The minimum absolute atomic E-state index is 0.0139. The number of carbonyl (C=O) groups is 1. The summed E-state index contributed by atoms with van der Waals surface area (Å²) in [6, 6.07) is 4.12. The molecule has 0 aliphatic rings. The van der Waals surface area contributed by atoms with Gasteiger partial charge in [-0.1, -0.05) is 19.9 Å². The van der Waals surface area contributed by atoms with Crippen molar-refractivity contribution in [3.63, 3.8) is 0 Å². The zero-order valence-electron chi connectivity index (χ0n) is 7.76. The lowest BCUT2D eigenvalue weighted by atomic mass is 9.86. The van der Waals surface area contributed by atoms with Gasteiger partial charge in [0, 0.05) is 16.7 Å². The Kier molecular flexibility index (Phi) is 2.68. The Morgan fingerprint density at radius 3 is 2.67 bits per heavy atom. The lowest BCUT2D eigenvalue weighted by Gasteiger charge is -2.21. The maximum Gasteiger partial charge on any atom is 0.130 e. The summed E-state index contributed by atoms with van der Waals surface area (Å²) in [4.78, 5) is 12.2. The number of hydrogen-bond acceptors (Lipinski definition) is 2. The molecule has 2 heteroatoms. The highest BCUT2D eigenvalue weighted by molar-refractivity contribution is 7.10. The van der Waals surface area contributed by atoms with Gasteiger partial charge in [0.05, 0.1) is 0 Å². The number of ketones is 1. The normalized spacial score (nSPS) is 11.6. The van der Waals surface area contributed by atoms with Crippen LogP contribution in [0.5, 0.6) is 0 Å². The van der Waals surface area contributed by atoms with E-state index in [4.69, 9.17) is 0 Å². The molecule has 1 aromatic rings. The molecule has 0 bridgehead atoms. The van der Waals surface area contributed by atoms with Gasteiger partial charge in [0.25, 0.3) is 0 Å². The van der Waals surface area contributed by atoms with E-state index in [1.165, 1.54) is 4.88 Å². The lowest BCUT2D eigenvalue weighted by Crippen LogP contribution is -2.18. The Balaban J connectivity index is 2.79. The fourth-order valence-electron chi connectivity index (χ4n) is 1.37. The molecular weight excluding hydrogens is 168 g/mol. The summed E-state index contributed by atoms with van der Waals surface area (Å²) >= 11 is 1.72. The number of Topliss-reactive ketones (excluding diaryl/α,β-unsaturated/α-hetero) is 1. The largest absolute Gasteiger partial charge is 0.300 e. The summed E-state index contributed by atoms with van der Waals surface area (Å²) in [5.74, 6) is 0.258. The quantitative estimate of drug-likeness (QED) is 0.702. The predicted molar refractivity (Wildman–Crippen MR) is 52.6 cm³/mol. The highest BCUT2D eigenvalue weighted by Crippen LogP contribution is 2.30. The molecule has 1 nitrogen and oxygen atoms in total. The minimum atomic E-state index is 0.0139. The van der Waals surface area contributed by atoms with Gasteiger partial charge in [-0.3, -0.25) is 4.79 Å². The average molecular weight is 182 g/mol. The van der Waals surface area contributed by atoms with Gasteiger partial charge in [0.1, 0.15) is 5.78 Å². The number of thiophene rings is 1. The molecule has 0 aliphatic carbocycles. The van der Waals surface area contributed by atoms with E-state index < -0.39 is 0 Å². The van der Waals surface area contributed by atoms with Crippen LogP contribution in [-0.4, -0.2) is 5.78 Å². The second-order valence-electron chi connectivity index (χ2n) is 3.74. The van der Waals surface area contributed by atoms with Gasteiger partial charge >= 0.3 is 0 Å². The van der Waals surface area contributed by atoms with Crippen LogP contribution in [0.3, 0.4) is 0 Å². The first kappa shape index (κ1) is 9.46. The van der Waals surface area contributed by atoms with E-state index in [1.807, 2.05) is 6.07 Å². The Hall–Kier alpha value is -0.630. The van der Waals surface area contributed by atoms with Crippen LogP contribution in [0.2, 0.25) is 0 Å². The van der Waals surface area contributed by atoms with Gasteiger partial charge in [-0.05, 0) is 18.4 Å². The smallest absolute Gasteiger partial charge is 0.130 e. The highest BCUT2D eigenvalue weighted by atomic mass is 32.1. The average Bonchev–Trinajstić information content (AvgIpc) is 2.32. The van der Waals surface area contributed by atoms with E-state index in [-0.39, 0.29) is 11.2 Å². The summed E-state index contributed by atoms with van der Waals surface area (Å²) in [6.45, 7) is 5.87. The first-order valence-corrected chi connectivity index (χ1v) is 4.94. The highest BCUT2D eigenvalue weighted by Gasteiger charge is 2.22. The molecule has 1 aromatic heterocycles. The van der Waals surface area contributed by atoms with Gasteiger partial charge in [-0.25, -0.2) is 0 Å². The van der Waals surface area contributed by atoms with Crippen molar-refractivity contribution in [1.29, 1.82) is 0 Å². The first-order chi connectivity index (χ1) is 5.52. The van der Waals surface area contributed by atoms with Crippen molar-refractivity contribution >= 4 is 17.1 Å². The van der Waals surface area contributed by atoms with E-state index in [0.717, 1.165) is 0 Å². The Morgan fingerprint density at radius 2 is 2.25 bits per heavy atom. The fraction of sp³-hybridized carbons (Fsp3) is 0.500. The SMILES string of the molecule is CC(=O)CC(C)(C)c1cccs1. The predicted octanol–water partition coefficient (Wildman–Crippen LogP) is 3.00. The monoisotopic (exact) mass is 182 g/mol. The molecule has 0 amide bonds. The van der Waals surface area contributed by atoms with Crippen molar-refractivity contribution in [2.75, 3.05) is 0 Å². The molecule has 1 rings (SSSR count). The zero-order chi connectivity index (χ0) is 9.19. The van der Waals surface area contributed by atoms with E-state index in [0.29, 0.717) is 6.42 Å². The third-order valence-corrected chi connectivity index (χ3v) is 3.11. The summed E-state index contributed by atoms with van der Waals surface area (Å²) in [6.07, 6.45) is 0.632. The van der Waals surface area contributed by atoms with Crippen molar-refractivity contribution in [2.24, 2.45) is 0 Å². The standard InChI is InChI=1S/C10H14OS/c1-8(11)7-10(2,3)9-5-4-6-12-9/h4-6H,7H2,1-3H3. The van der Waals surface area contributed by atoms with E-state index >= 15 is 0 Å². The molecule has 0 radical (unpaired) electrons. The number of hydrogen-bond donors (Lipinski definition) is 0. The fourth-order valence-corrected chi connectivity index (χ4v) is 2.23. The molecule has 0 unspecified atom stereocenters. The molecule has 12 heavy (non-hydrogen) atoms. The summed E-state index contributed by atoms with van der Waals surface area (Å²) in [5.41, 5.74) is 0.0139. The molecule has 0 atom stereocenters. The molecular formula is C10H14OS. The Bertz CT molecular complexity index is 259. The van der Waals surface area contributed by atoms with Crippen molar-refractivity contribution < 1.29 is 4.79 Å². The van der Waals surface area contributed by atoms with Crippen LogP contribution in [0.15, 0.2) is 17.5 Å². The van der Waals surface area contributed by atoms with Gasteiger partial charge in [-0.2, -0.15) is 0 Å². The van der Waals surface area contributed by atoms with Crippen LogP contribution in [0.25, 0.3) is 0 Å². The maximum absolute atomic E-state index is 11.0. The van der Waals surface area contributed by atoms with Crippen LogP contribution >= 0.6 is 11.3 Å². The summed E-state index contributed by atoms with van der Waals surface area (Å²) in [5, 5.41) is 2.05. The zero-order valence-corrected chi connectivity index (χ0v) is 8.57. The maximum atomic E-state index is 11.0. The van der Waals surface area contributed by atoms with Crippen molar-refractivity contribution in [2.45, 2.75) is 32.6 Å². The number of rotatable bonds is 3.